The highest BCUT2D eigenvalue weighted by Gasteiger charge is 2.30. The van der Waals surface area contributed by atoms with Crippen LogP contribution in [0.5, 0.6) is 0 Å². The highest BCUT2D eigenvalue weighted by molar-refractivity contribution is 5.94. The Morgan fingerprint density at radius 3 is 2.41 bits per heavy atom. The molecule has 27 heavy (non-hydrogen) atoms. The number of anilines is 1. The zero-order valence-corrected chi connectivity index (χ0v) is 15.1. The van der Waals surface area contributed by atoms with Crippen LogP contribution in [0.15, 0.2) is 48.5 Å². The SMILES string of the molecule is Cc1ccc(N(Cc2ccc(C(=O)NO)cc2)C(=O)N2CC[C@@H](F)C2)cc1. The average molecular weight is 371 g/mol. The van der Waals surface area contributed by atoms with Crippen molar-refractivity contribution in [1.29, 1.82) is 0 Å². The van der Waals surface area contributed by atoms with Crippen LogP contribution < -0.4 is 10.4 Å². The number of nitrogens with zero attached hydrogens (tertiary/aromatic N) is 2. The Kier molecular flexibility index (Phi) is 5.71. The largest absolute Gasteiger partial charge is 0.324 e. The maximum atomic E-state index is 13.6. The van der Waals surface area contributed by atoms with Gasteiger partial charge in [0.25, 0.3) is 5.91 Å². The van der Waals surface area contributed by atoms with Crippen molar-refractivity contribution in [3.05, 3.63) is 65.2 Å². The van der Waals surface area contributed by atoms with Crippen molar-refractivity contribution in [3.8, 4) is 0 Å². The number of amides is 3. The van der Waals surface area contributed by atoms with Crippen molar-refractivity contribution in [3.63, 3.8) is 0 Å². The molecule has 3 amide bonds. The molecule has 2 aromatic carbocycles. The van der Waals surface area contributed by atoms with E-state index in [-0.39, 0.29) is 19.1 Å². The first kappa shape index (κ1) is 18.8. The molecule has 0 bridgehead atoms. The van der Waals surface area contributed by atoms with Gasteiger partial charge in [-0.3, -0.25) is 14.9 Å². The normalized spacial score (nSPS) is 16.3. The summed E-state index contributed by atoms with van der Waals surface area (Å²) in [5, 5.41) is 8.70. The van der Waals surface area contributed by atoms with Crippen LogP contribution in [0.25, 0.3) is 0 Å². The van der Waals surface area contributed by atoms with Crippen molar-refractivity contribution in [2.24, 2.45) is 0 Å². The van der Waals surface area contributed by atoms with Gasteiger partial charge in [-0.2, -0.15) is 0 Å². The standard InChI is InChI=1S/C20H22FN3O3/c1-14-2-8-18(9-3-14)24(20(26)23-11-10-17(21)13-23)12-15-4-6-16(7-5-15)19(25)22-27/h2-9,17,27H,10-13H2,1H3,(H,22,25)/t17-/m1/s1. The number of aryl methyl sites for hydroxylation is 1. The number of hydrogen-bond donors (Lipinski definition) is 2. The van der Waals surface area contributed by atoms with E-state index in [4.69, 9.17) is 5.21 Å². The van der Waals surface area contributed by atoms with Gasteiger partial charge >= 0.3 is 6.03 Å². The lowest BCUT2D eigenvalue weighted by Crippen LogP contribution is -2.42. The number of rotatable bonds is 4. The van der Waals surface area contributed by atoms with E-state index >= 15 is 0 Å². The number of nitrogens with one attached hydrogen (secondary N) is 1. The first-order chi connectivity index (χ1) is 13.0. The van der Waals surface area contributed by atoms with Gasteiger partial charge in [0.1, 0.15) is 6.17 Å². The summed E-state index contributed by atoms with van der Waals surface area (Å²) in [5.74, 6) is -0.598. The van der Waals surface area contributed by atoms with Gasteiger partial charge in [0.2, 0.25) is 0 Å². The number of carbonyl (C=O) groups excluding carboxylic acids is 2. The second-order valence-corrected chi connectivity index (χ2v) is 6.67. The third kappa shape index (κ3) is 4.43. The van der Waals surface area contributed by atoms with Gasteiger partial charge in [-0.05, 0) is 43.2 Å². The van der Waals surface area contributed by atoms with Gasteiger partial charge in [0.05, 0.1) is 13.1 Å². The highest BCUT2D eigenvalue weighted by atomic mass is 19.1. The van der Waals surface area contributed by atoms with Crippen LogP contribution in [0.2, 0.25) is 0 Å². The number of hydrogen-bond acceptors (Lipinski definition) is 3. The van der Waals surface area contributed by atoms with E-state index in [1.807, 2.05) is 31.2 Å². The van der Waals surface area contributed by atoms with E-state index in [1.54, 1.807) is 34.6 Å². The monoisotopic (exact) mass is 371 g/mol. The zero-order valence-electron chi connectivity index (χ0n) is 15.1. The quantitative estimate of drug-likeness (QED) is 0.640. The minimum atomic E-state index is -0.981. The number of urea groups is 1. The smallest absolute Gasteiger partial charge is 0.321 e. The Bertz CT molecular complexity index is 808. The molecule has 0 radical (unpaired) electrons. The molecule has 1 heterocycles. The Morgan fingerprint density at radius 1 is 1.19 bits per heavy atom. The van der Waals surface area contributed by atoms with Crippen LogP contribution in [-0.2, 0) is 6.54 Å². The lowest BCUT2D eigenvalue weighted by atomic mass is 10.1. The fourth-order valence-electron chi connectivity index (χ4n) is 3.06. The van der Waals surface area contributed by atoms with Crippen molar-refractivity contribution >= 4 is 17.6 Å². The molecule has 1 saturated heterocycles. The second-order valence-electron chi connectivity index (χ2n) is 6.67. The maximum Gasteiger partial charge on any atom is 0.324 e. The average Bonchev–Trinajstić information content (AvgIpc) is 3.12. The summed E-state index contributed by atoms with van der Waals surface area (Å²) >= 11 is 0. The lowest BCUT2D eigenvalue weighted by molar-refractivity contribution is 0.0706. The van der Waals surface area contributed by atoms with E-state index in [0.717, 1.165) is 16.8 Å². The fourth-order valence-corrected chi connectivity index (χ4v) is 3.06. The Balaban J connectivity index is 1.84. The number of benzene rings is 2. The van der Waals surface area contributed by atoms with Crippen LogP contribution in [0.4, 0.5) is 14.9 Å². The van der Waals surface area contributed by atoms with Crippen LogP contribution in [0.3, 0.4) is 0 Å². The molecule has 0 spiro atoms. The van der Waals surface area contributed by atoms with Gasteiger partial charge < -0.3 is 4.90 Å². The molecule has 1 atom stereocenters. The van der Waals surface area contributed by atoms with Gasteiger partial charge in [-0.1, -0.05) is 29.8 Å². The number of alkyl halides is 1. The summed E-state index contributed by atoms with van der Waals surface area (Å²) in [6.07, 6.45) is -0.622. The van der Waals surface area contributed by atoms with E-state index < -0.39 is 12.1 Å². The molecular weight excluding hydrogens is 349 g/mol. The number of hydroxylamine groups is 1. The topological polar surface area (TPSA) is 72.9 Å². The lowest BCUT2D eigenvalue weighted by Gasteiger charge is -2.28. The van der Waals surface area contributed by atoms with Crippen molar-refractivity contribution in [2.45, 2.75) is 26.1 Å². The summed E-state index contributed by atoms with van der Waals surface area (Å²) in [4.78, 5) is 27.6. The highest BCUT2D eigenvalue weighted by Crippen LogP contribution is 2.23. The summed E-state index contributed by atoms with van der Waals surface area (Å²) in [5.41, 5.74) is 4.52. The molecule has 1 fully saturated rings. The minimum Gasteiger partial charge on any atom is -0.321 e. The molecule has 2 aromatic rings. The molecule has 142 valence electrons. The summed E-state index contributed by atoms with van der Waals surface area (Å²) in [6, 6.07) is 13.9. The molecular formula is C20H22FN3O3. The van der Waals surface area contributed by atoms with Crippen LogP contribution in [0.1, 0.15) is 27.9 Å². The van der Waals surface area contributed by atoms with Gasteiger partial charge in [0, 0.05) is 17.8 Å². The number of halogens is 1. The summed E-state index contributed by atoms with van der Waals surface area (Å²) in [6.45, 7) is 2.76. The molecule has 0 aliphatic carbocycles. The van der Waals surface area contributed by atoms with Gasteiger partial charge in [-0.25, -0.2) is 14.7 Å². The molecule has 1 aliphatic heterocycles. The molecule has 6 nitrogen and oxygen atoms in total. The fraction of sp³-hybridized carbons (Fsp3) is 0.300. The van der Waals surface area contributed by atoms with Crippen LogP contribution in [-0.4, -0.2) is 41.3 Å². The van der Waals surface area contributed by atoms with E-state index in [2.05, 4.69) is 0 Å². The zero-order chi connectivity index (χ0) is 19.4. The first-order valence-electron chi connectivity index (χ1n) is 8.78. The molecule has 0 unspecified atom stereocenters. The Hall–Kier alpha value is -2.93. The summed E-state index contributed by atoms with van der Waals surface area (Å²) in [7, 11) is 0. The Labute approximate surface area is 157 Å². The molecule has 0 aromatic heterocycles. The van der Waals surface area contributed by atoms with Crippen molar-refractivity contribution in [1.82, 2.24) is 10.4 Å². The molecule has 1 aliphatic rings. The number of carbonyl (C=O) groups is 2. The van der Waals surface area contributed by atoms with Gasteiger partial charge in [0.15, 0.2) is 0 Å². The minimum absolute atomic E-state index is 0.108. The predicted octanol–water partition coefficient (Wildman–Crippen LogP) is 3.28. The van der Waals surface area contributed by atoms with Gasteiger partial charge in [-0.15, -0.1) is 0 Å². The van der Waals surface area contributed by atoms with Crippen molar-refractivity contribution < 1.29 is 19.2 Å². The van der Waals surface area contributed by atoms with Crippen molar-refractivity contribution in [2.75, 3.05) is 18.0 Å². The van der Waals surface area contributed by atoms with Crippen LogP contribution >= 0.6 is 0 Å². The Morgan fingerprint density at radius 2 is 1.85 bits per heavy atom. The summed E-state index contributed by atoms with van der Waals surface area (Å²) < 4.78 is 13.6. The van der Waals surface area contributed by atoms with E-state index in [9.17, 15) is 14.0 Å². The van der Waals surface area contributed by atoms with E-state index in [1.165, 1.54) is 4.90 Å². The third-order valence-corrected chi connectivity index (χ3v) is 4.64. The molecule has 3 rings (SSSR count). The molecule has 2 N–H and O–H groups in total. The molecule has 7 heteroatoms. The number of likely N-dealkylation sites (tertiary alicyclic amines) is 1. The maximum absolute atomic E-state index is 13.6. The second kappa shape index (κ2) is 8.18. The molecule has 0 saturated carbocycles. The third-order valence-electron chi connectivity index (χ3n) is 4.64. The predicted molar refractivity (Wildman–Crippen MR) is 99.5 cm³/mol. The first-order valence-corrected chi connectivity index (χ1v) is 8.78. The van der Waals surface area contributed by atoms with E-state index in [0.29, 0.717) is 18.5 Å². The van der Waals surface area contributed by atoms with Crippen LogP contribution in [0, 0.1) is 6.92 Å².